The van der Waals surface area contributed by atoms with Crippen LogP contribution in [0.15, 0.2) is 48.5 Å². The van der Waals surface area contributed by atoms with Crippen LogP contribution in [0.2, 0.25) is 0 Å². The number of amides is 3. The number of aromatic nitrogens is 2. The number of hydrogen-bond acceptors (Lipinski definition) is 4. The Balaban J connectivity index is 1.33. The number of carbonyl (C=O) groups is 3. The van der Waals surface area contributed by atoms with Crippen molar-refractivity contribution in [2.75, 3.05) is 5.32 Å². The highest BCUT2D eigenvalue weighted by Gasteiger charge is 2.29. The van der Waals surface area contributed by atoms with Crippen LogP contribution in [0, 0.1) is 6.92 Å². The molecular weight excluding hydrogens is 404 g/mol. The topological polar surface area (TPSA) is 84.3 Å². The van der Waals surface area contributed by atoms with Gasteiger partial charge in [-0.2, -0.15) is 5.10 Å². The number of imide groups is 1. The van der Waals surface area contributed by atoms with E-state index in [1.165, 1.54) is 10.5 Å². The van der Waals surface area contributed by atoms with Gasteiger partial charge in [0.25, 0.3) is 5.91 Å². The monoisotopic (exact) mass is 428 g/mol. The van der Waals surface area contributed by atoms with Crippen molar-refractivity contribution >= 4 is 23.4 Å². The zero-order valence-corrected chi connectivity index (χ0v) is 17.9. The molecular formula is C25H24N4O3. The van der Waals surface area contributed by atoms with Crippen molar-refractivity contribution in [3.63, 3.8) is 0 Å². The van der Waals surface area contributed by atoms with Crippen LogP contribution in [0.1, 0.15) is 52.1 Å². The number of rotatable bonds is 5. The van der Waals surface area contributed by atoms with E-state index in [9.17, 15) is 14.4 Å². The first-order valence-electron chi connectivity index (χ1n) is 10.9. The molecule has 7 nitrogen and oxygen atoms in total. The van der Waals surface area contributed by atoms with Crippen LogP contribution in [-0.4, -0.2) is 32.4 Å². The van der Waals surface area contributed by atoms with Crippen molar-refractivity contribution in [1.29, 1.82) is 0 Å². The Kier molecular flexibility index (Phi) is 5.09. The average molecular weight is 428 g/mol. The summed E-state index contributed by atoms with van der Waals surface area (Å²) in [6, 6.07) is 15.4. The quantitative estimate of drug-likeness (QED) is 0.630. The number of fused-ring (bicyclic) bond motifs is 1. The number of benzene rings is 2. The molecule has 2 aromatic carbocycles. The lowest BCUT2D eigenvalue weighted by atomic mass is 10.1. The molecule has 1 fully saturated rings. The van der Waals surface area contributed by atoms with Crippen molar-refractivity contribution < 1.29 is 14.4 Å². The van der Waals surface area contributed by atoms with Gasteiger partial charge in [0, 0.05) is 29.8 Å². The molecule has 0 unspecified atom stereocenters. The fourth-order valence-corrected chi connectivity index (χ4v) is 4.38. The molecule has 0 bridgehead atoms. The van der Waals surface area contributed by atoms with Gasteiger partial charge in [0.1, 0.15) is 0 Å². The second-order valence-corrected chi connectivity index (χ2v) is 8.40. The minimum absolute atomic E-state index is 0.134. The fraction of sp³-hybridized carbons (Fsp3) is 0.280. The zero-order chi connectivity index (χ0) is 22.2. The summed E-state index contributed by atoms with van der Waals surface area (Å²) < 4.78 is 1.89. The van der Waals surface area contributed by atoms with E-state index in [4.69, 9.17) is 0 Å². The molecule has 32 heavy (non-hydrogen) atoms. The molecule has 5 rings (SSSR count). The van der Waals surface area contributed by atoms with Crippen molar-refractivity contribution in [2.24, 2.45) is 0 Å². The number of aryl methyl sites for hydroxylation is 1. The first kappa shape index (κ1) is 20.2. The van der Waals surface area contributed by atoms with Crippen LogP contribution in [0.3, 0.4) is 0 Å². The van der Waals surface area contributed by atoms with Gasteiger partial charge in [-0.05, 0) is 56.0 Å². The highest BCUT2D eigenvalue weighted by molar-refractivity contribution is 6.04. The van der Waals surface area contributed by atoms with E-state index in [0.717, 1.165) is 41.8 Å². The number of likely N-dealkylation sites (tertiary alicyclic amines) is 1. The van der Waals surface area contributed by atoms with Crippen LogP contribution in [0.4, 0.5) is 5.69 Å². The van der Waals surface area contributed by atoms with E-state index in [0.29, 0.717) is 11.4 Å². The van der Waals surface area contributed by atoms with E-state index >= 15 is 0 Å². The Bertz CT molecular complexity index is 1190. The maximum absolute atomic E-state index is 13.0. The van der Waals surface area contributed by atoms with Gasteiger partial charge in [0.15, 0.2) is 5.69 Å². The molecule has 1 aliphatic carbocycles. The molecule has 0 saturated carbocycles. The molecule has 1 aliphatic heterocycles. The summed E-state index contributed by atoms with van der Waals surface area (Å²) in [7, 11) is 0. The summed E-state index contributed by atoms with van der Waals surface area (Å²) in [5.41, 5.74) is 6.22. The van der Waals surface area contributed by atoms with E-state index in [1.54, 1.807) is 12.1 Å². The van der Waals surface area contributed by atoms with Crippen LogP contribution >= 0.6 is 0 Å². The van der Waals surface area contributed by atoms with Crippen molar-refractivity contribution in [3.05, 3.63) is 76.6 Å². The van der Waals surface area contributed by atoms with Gasteiger partial charge in [-0.3, -0.25) is 19.3 Å². The van der Waals surface area contributed by atoms with Gasteiger partial charge < -0.3 is 5.32 Å². The van der Waals surface area contributed by atoms with Crippen LogP contribution in [-0.2, 0) is 29.0 Å². The molecule has 2 aliphatic rings. The van der Waals surface area contributed by atoms with Gasteiger partial charge >= 0.3 is 0 Å². The fourth-order valence-electron chi connectivity index (χ4n) is 4.38. The van der Waals surface area contributed by atoms with Crippen LogP contribution in [0.5, 0.6) is 0 Å². The third kappa shape index (κ3) is 3.70. The first-order chi connectivity index (χ1) is 15.5. The average Bonchev–Trinajstić information content (AvgIpc) is 3.48. The van der Waals surface area contributed by atoms with E-state index in [-0.39, 0.29) is 37.1 Å². The summed E-state index contributed by atoms with van der Waals surface area (Å²) in [4.78, 5) is 37.9. The molecule has 0 spiro atoms. The maximum Gasteiger partial charge on any atom is 0.276 e. The Hall–Kier alpha value is -3.74. The molecule has 0 radical (unpaired) electrons. The Labute approximate surface area is 186 Å². The number of nitrogens with one attached hydrogen (secondary N) is 1. The van der Waals surface area contributed by atoms with Crippen LogP contribution in [0.25, 0.3) is 5.69 Å². The number of carbonyl (C=O) groups excluding carboxylic acids is 3. The lowest BCUT2D eigenvalue weighted by Gasteiger charge is -2.14. The minimum Gasteiger partial charge on any atom is -0.321 e. The maximum atomic E-state index is 13.0. The highest BCUT2D eigenvalue weighted by Crippen LogP contribution is 2.28. The molecule has 3 aromatic rings. The second kappa shape index (κ2) is 8.07. The molecule has 3 amide bonds. The molecule has 162 valence electrons. The third-order valence-electron chi connectivity index (χ3n) is 6.13. The van der Waals surface area contributed by atoms with Crippen LogP contribution < -0.4 is 5.32 Å². The number of hydrogen-bond donors (Lipinski definition) is 1. The smallest absolute Gasteiger partial charge is 0.276 e. The van der Waals surface area contributed by atoms with Gasteiger partial charge in [-0.1, -0.05) is 29.8 Å². The largest absolute Gasteiger partial charge is 0.321 e. The molecule has 1 saturated heterocycles. The summed E-state index contributed by atoms with van der Waals surface area (Å²) >= 11 is 0. The molecule has 1 N–H and O–H groups in total. The predicted molar refractivity (Wildman–Crippen MR) is 120 cm³/mol. The molecule has 0 atom stereocenters. The summed E-state index contributed by atoms with van der Waals surface area (Å²) in [5, 5.41) is 7.59. The summed E-state index contributed by atoms with van der Waals surface area (Å²) in [5.74, 6) is -0.498. The number of anilines is 1. The van der Waals surface area contributed by atoms with Crippen molar-refractivity contribution in [1.82, 2.24) is 14.7 Å². The first-order valence-corrected chi connectivity index (χ1v) is 10.9. The van der Waals surface area contributed by atoms with E-state index in [1.807, 2.05) is 48.0 Å². The minimum atomic E-state index is -0.230. The van der Waals surface area contributed by atoms with E-state index in [2.05, 4.69) is 10.4 Å². The standard InChI is InChI=1S/C25H24N4O3/c1-16-5-11-19(12-6-16)29-21-4-2-3-20(21)24(27-29)25(32)26-18-9-7-17(8-10-18)15-28-22(30)13-14-23(28)31/h5-12H,2-4,13-15H2,1H3,(H,26,32). The highest BCUT2D eigenvalue weighted by atomic mass is 16.2. The van der Waals surface area contributed by atoms with Gasteiger partial charge in [0.05, 0.1) is 12.2 Å². The number of nitrogens with zero attached hydrogens (tertiary/aromatic N) is 3. The second-order valence-electron chi connectivity index (χ2n) is 8.40. The SMILES string of the molecule is Cc1ccc(-n2nc(C(=O)Nc3ccc(CN4C(=O)CCC4=O)cc3)c3c2CCC3)cc1. The predicted octanol–water partition coefficient (Wildman–Crippen LogP) is 3.57. The molecule has 7 heteroatoms. The van der Waals surface area contributed by atoms with Gasteiger partial charge in [0.2, 0.25) is 11.8 Å². The van der Waals surface area contributed by atoms with Crippen molar-refractivity contribution in [2.45, 2.75) is 45.6 Å². The lowest BCUT2D eigenvalue weighted by Crippen LogP contribution is -2.28. The van der Waals surface area contributed by atoms with E-state index < -0.39 is 0 Å². The van der Waals surface area contributed by atoms with Gasteiger partial charge in [-0.25, -0.2) is 4.68 Å². The zero-order valence-electron chi connectivity index (χ0n) is 17.9. The molecule has 1 aromatic heterocycles. The van der Waals surface area contributed by atoms with Gasteiger partial charge in [-0.15, -0.1) is 0 Å². The Morgan fingerprint density at radius 2 is 1.62 bits per heavy atom. The normalized spacial score (nSPS) is 15.3. The Morgan fingerprint density at radius 1 is 0.938 bits per heavy atom. The third-order valence-corrected chi connectivity index (χ3v) is 6.13. The lowest BCUT2D eigenvalue weighted by molar-refractivity contribution is -0.139. The Morgan fingerprint density at radius 3 is 2.31 bits per heavy atom. The molecule has 2 heterocycles. The summed E-state index contributed by atoms with van der Waals surface area (Å²) in [6.07, 6.45) is 3.34. The van der Waals surface area contributed by atoms with Crippen molar-refractivity contribution in [3.8, 4) is 5.69 Å². The summed E-state index contributed by atoms with van der Waals surface area (Å²) in [6.45, 7) is 2.31.